The Morgan fingerprint density at radius 2 is 1.76 bits per heavy atom. The zero-order chi connectivity index (χ0) is 32.6. The summed E-state index contributed by atoms with van der Waals surface area (Å²) in [5.41, 5.74) is 3.18. The molecular weight excluding hydrogens is 584 g/mol. The molecule has 0 saturated heterocycles. The summed E-state index contributed by atoms with van der Waals surface area (Å²) in [6.07, 6.45) is 1.06. The first-order valence-electron chi connectivity index (χ1n) is 15.7. The summed E-state index contributed by atoms with van der Waals surface area (Å²) in [6, 6.07) is 13.2. The van der Waals surface area contributed by atoms with Gasteiger partial charge in [-0.05, 0) is 86.7 Å². The Morgan fingerprint density at radius 3 is 2.40 bits per heavy atom. The van der Waals surface area contributed by atoms with E-state index in [1.807, 2.05) is 69.2 Å². The predicted molar refractivity (Wildman–Crippen MR) is 175 cm³/mol. The molecule has 1 heterocycles. The molecule has 238 valence electrons. The van der Waals surface area contributed by atoms with Gasteiger partial charge in [-0.1, -0.05) is 68.8 Å². The number of aliphatic hydroxyl groups is 1. The van der Waals surface area contributed by atoms with E-state index in [9.17, 15) is 5.11 Å². The topological polar surface area (TPSA) is 102 Å². The van der Waals surface area contributed by atoms with Crippen LogP contribution in [0.2, 0.25) is 18.1 Å². The van der Waals surface area contributed by atoms with Crippen LogP contribution in [0.4, 0.5) is 0 Å². The fraction of sp³-hybridized carbons (Fsp3) is 0.472. The highest BCUT2D eigenvalue weighted by Crippen LogP contribution is 2.58. The van der Waals surface area contributed by atoms with Crippen LogP contribution >= 0.6 is 0 Å². The van der Waals surface area contributed by atoms with Gasteiger partial charge in [0.1, 0.15) is 17.9 Å². The maximum atomic E-state index is 15.3. The molecule has 9 heteroatoms. The Kier molecular flexibility index (Phi) is 7.53. The van der Waals surface area contributed by atoms with Gasteiger partial charge in [0.05, 0.1) is 6.04 Å². The molecule has 3 aliphatic rings. The molecule has 3 aliphatic carbocycles. The summed E-state index contributed by atoms with van der Waals surface area (Å²) < 4.78 is 19.2. The number of carbonyl (C=O) groups excluding carboxylic acids is 2. The van der Waals surface area contributed by atoms with Crippen molar-refractivity contribution in [2.45, 2.75) is 83.8 Å². The quantitative estimate of drug-likeness (QED) is 0.227. The second kappa shape index (κ2) is 10.8. The number of aromatic nitrogens is 1. The maximum absolute atomic E-state index is 15.3. The van der Waals surface area contributed by atoms with E-state index >= 15 is 9.59 Å². The van der Waals surface area contributed by atoms with E-state index in [-0.39, 0.29) is 34.8 Å². The molecule has 2 aromatic carbocycles. The SMILES string of the molecule is Cc1cc(C)c2c(c1)C[C@H]1C[C@H]3[C@H](N(C)C)c4onc(OCc5ccccc5)c4C(=O)[C@@]3(O[Si](C)(C)C(C)(C)C)C(=O)C1=C2O. The minimum absolute atomic E-state index is 0.0359. The zero-order valence-electron chi connectivity index (χ0n) is 27.8. The summed E-state index contributed by atoms with van der Waals surface area (Å²) in [4.78, 5) is 32.4. The van der Waals surface area contributed by atoms with Gasteiger partial charge in [0.15, 0.2) is 19.7 Å². The van der Waals surface area contributed by atoms with Crippen molar-refractivity contribution in [3.63, 3.8) is 0 Å². The molecule has 0 aliphatic heterocycles. The largest absolute Gasteiger partial charge is 0.507 e. The van der Waals surface area contributed by atoms with E-state index in [0.717, 1.165) is 22.3 Å². The van der Waals surface area contributed by atoms with Gasteiger partial charge in [0.25, 0.3) is 5.88 Å². The van der Waals surface area contributed by atoms with Crippen LogP contribution in [-0.4, -0.2) is 54.7 Å². The Hall–Kier alpha value is -3.53. The molecule has 45 heavy (non-hydrogen) atoms. The number of aliphatic hydroxyl groups excluding tert-OH is 1. The number of nitrogens with zero attached hydrogens (tertiary/aromatic N) is 2. The fourth-order valence-corrected chi connectivity index (χ4v) is 8.87. The van der Waals surface area contributed by atoms with E-state index in [0.29, 0.717) is 29.7 Å². The van der Waals surface area contributed by atoms with Crippen molar-refractivity contribution in [1.29, 1.82) is 0 Å². The van der Waals surface area contributed by atoms with E-state index in [1.54, 1.807) is 0 Å². The highest BCUT2D eigenvalue weighted by Gasteiger charge is 2.68. The van der Waals surface area contributed by atoms with Crippen molar-refractivity contribution in [2.75, 3.05) is 14.1 Å². The minimum atomic E-state index is -2.77. The third kappa shape index (κ3) is 4.82. The first-order valence-corrected chi connectivity index (χ1v) is 18.7. The fourth-order valence-electron chi connectivity index (χ4n) is 7.42. The van der Waals surface area contributed by atoms with E-state index < -0.39 is 37.4 Å². The number of carbonyl (C=O) groups is 2. The molecule has 3 aromatic rings. The maximum Gasteiger partial charge on any atom is 0.265 e. The average Bonchev–Trinajstić information content (AvgIpc) is 3.36. The number of Topliss-reactive ketones (excluding diaryl/α,β-unsaturated/α-hetero) is 2. The first kappa shape index (κ1) is 31.4. The molecule has 0 bridgehead atoms. The third-order valence-electron chi connectivity index (χ3n) is 10.5. The summed E-state index contributed by atoms with van der Waals surface area (Å²) in [7, 11) is 1.07. The van der Waals surface area contributed by atoms with E-state index in [4.69, 9.17) is 13.7 Å². The van der Waals surface area contributed by atoms with Crippen LogP contribution in [0.3, 0.4) is 0 Å². The van der Waals surface area contributed by atoms with Crippen molar-refractivity contribution >= 4 is 25.6 Å². The second-order valence-corrected chi connectivity index (χ2v) is 19.5. The molecular formula is C36H44N2O6Si. The van der Waals surface area contributed by atoms with Crippen LogP contribution in [0.25, 0.3) is 5.76 Å². The minimum Gasteiger partial charge on any atom is -0.507 e. The molecule has 8 nitrogen and oxygen atoms in total. The molecule has 4 atom stereocenters. The number of ketones is 2. The van der Waals surface area contributed by atoms with E-state index in [2.05, 4.69) is 45.1 Å². The molecule has 0 spiro atoms. The van der Waals surface area contributed by atoms with Gasteiger partial charge in [0.2, 0.25) is 11.6 Å². The van der Waals surface area contributed by atoms with Gasteiger partial charge in [0, 0.05) is 17.1 Å². The van der Waals surface area contributed by atoms with Crippen molar-refractivity contribution in [2.24, 2.45) is 11.8 Å². The van der Waals surface area contributed by atoms with Gasteiger partial charge >= 0.3 is 0 Å². The molecule has 1 fully saturated rings. The Labute approximate surface area is 266 Å². The monoisotopic (exact) mass is 628 g/mol. The van der Waals surface area contributed by atoms with Gasteiger partial charge in [-0.3, -0.25) is 14.5 Å². The summed E-state index contributed by atoms with van der Waals surface area (Å²) in [5.74, 6) is -1.39. The summed E-state index contributed by atoms with van der Waals surface area (Å²) >= 11 is 0. The smallest absolute Gasteiger partial charge is 0.265 e. The van der Waals surface area contributed by atoms with Crippen LogP contribution in [0.5, 0.6) is 5.88 Å². The molecule has 1 N–H and O–H groups in total. The number of hydrogen-bond acceptors (Lipinski definition) is 8. The van der Waals surface area contributed by atoms with Crippen LogP contribution in [0.15, 0.2) is 52.6 Å². The van der Waals surface area contributed by atoms with Crippen molar-refractivity contribution in [1.82, 2.24) is 10.1 Å². The standard InChI is InChI=1S/C36H44N2O6Si/c1-20-15-21(2)26-23(16-20)17-24-18-25-29(38(6)7)31-28(34(37-43-31)42-19-22-13-11-10-12-14-22)33(41)36(25,32(40)27(24)30(26)39)44-45(8,9)35(3,4)5/h10-16,24-25,29,39H,17-19H2,1-9H3/t24-,25-,29-,36-/m0/s1. The highest BCUT2D eigenvalue weighted by atomic mass is 28.4. The van der Waals surface area contributed by atoms with E-state index in [1.165, 1.54) is 0 Å². The first-order chi connectivity index (χ1) is 21.1. The van der Waals surface area contributed by atoms with Crippen LogP contribution in [0, 0.1) is 25.7 Å². The third-order valence-corrected chi connectivity index (χ3v) is 14.9. The Bertz CT molecular complexity index is 1720. The van der Waals surface area contributed by atoms with Crippen LogP contribution in [0.1, 0.15) is 77.2 Å². The zero-order valence-corrected chi connectivity index (χ0v) is 28.8. The Morgan fingerprint density at radius 1 is 1.07 bits per heavy atom. The van der Waals surface area contributed by atoms with Crippen molar-refractivity contribution < 1.29 is 28.4 Å². The van der Waals surface area contributed by atoms with Gasteiger partial charge in [-0.25, -0.2) is 0 Å². The summed E-state index contributed by atoms with van der Waals surface area (Å²) in [5, 5.41) is 15.8. The Balaban J connectivity index is 1.57. The lowest BCUT2D eigenvalue weighted by molar-refractivity contribution is -0.140. The highest BCUT2D eigenvalue weighted by molar-refractivity contribution is 6.74. The number of aryl methyl sites for hydroxylation is 2. The van der Waals surface area contributed by atoms with Crippen molar-refractivity contribution in [3.05, 3.63) is 87.2 Å². The summed E-state index contributed by atoms with van der Waals surface area (Å²) in [6.45, 7) is 14.6. The molecule has 0 unspecified atom stereocenters. The number of fused-ring (bicyclic) bond motifs is 4. The number of ether oxygens (including phenoxy) is 1. The van der Waals surface area contributed by atoms with Crippen LogP contribution < -0.4 is 4.74 Å². The lowest BCUT2D eigenvalue weighted by atomic mass is 9.57. The second-order valence-electron chi connectivity index (χ2n) is 14.8. The number of benzene rings is 2. The van der Waals surface area contributed by atoms with Gasteiger partial charge in [-0.15, -0.1) is 0 Å². The number of rotatable bonds is 6. The normalized spacial score (nSPS) is 24.7. The molecule has 1 aromatic heterocycles. The van der Waals surface area contributed by atoms with Gasteiger partial charge < -0.3 is 18.8 Å². The molecule has 0 radical (unpaired) electrons. The lowest BCUT2D eigenvalue weighted by Crippen LogP contribution is -2.68. The molecule has 6 rings (SSSR count). The van der Waals surface area contributed by atoms with Gasteiger partial charge in [-0.2, -0.15) is 0 Å². The lowest BCUT2D eigenvalue weighted by Gasteiger charge is -2.55. The van der Waals surface area contributed by atoms with Crippen LogP contribution in [-0.2, 0) is 22.2 Å². The molecule has 0 amide bonds. The predicted octanol–water partition coefficient (Wildman–Crippen LogP) is 7.16. The van der Waals surface area contributed by atoms with Crippen molar-refractivity contribution in [3.8, 4) is 5.88 Å². The average molecular weight is 629 g/mol. The molecule has 1 saturated carbocycles. The number of hydrogen-bond donors (Lipinski definition) is 1.